The van der Waals surface area contributed by atoms with Gasteiger partial charge in [0.25, 0.3) is 5.69 Å². The molecule has 1 aromatic rings. The molecule has 108 valence electrons. The highest BCUT2D eigenvalue weighted by molar-refractivity contribution is 6.05. The van der Waals surface area contributed by atoms with Gasteiger partial charge in [0.1, 0.15) is 5.66 Å². The van der Waals surface area contributed by atoms with Crippen molar-refractivity contribution < 1.29 is 17.3 Å². The summed E-state index contributed by atoms with van der Waals surface area (Å²) in [6.45, 7) is 3.64. The van der Waals surface area contributed by atoms with Gasteiger partial charge in [0.2, 0.25) is 11.9 Å². The van der Waals surface area contributed by atoms with Gasteiger partial charge < -0.3 is 23.9 Å². The highest BCUT2D eigenvalue weighted by Crippen LogP contribution is 2.28. The fraction of sp³-hybridized carbons (Fsp3) is 0.273. The van der Waals surface area contributed by atoms with Crippen molar-refractivity contribution in [1.82, 2.24) is 0 Å². The Morgan fingerprint density at radius 2 is 1.80 bits per heavy atom. The Bertz CT molecular complexity index is 581. The van der Waals surface area contributed by atoms with Crippen LogP contribution in [0.4, 0.5) is 11.4 Å². The van der Waals surface area contributed by atoms with Gasteiger partial charge in [0.05, 0.1) is 4.92 Å². The molecule has 0 amide bonds. The molecular formula is C11H14ClN6O2-. The van der Waals surface area contributed by atoms with Crippen LogP contribution in [0.2, 0.25) is 0 Å². The first-order chi connectivity index (χ1) is 8.81. The third-order valence-electron chi connectivity index (χ3n) is 2.71. The average molecular weight is 298 g/mol. The quantitative estimate of drug-likeness (QED) is 0.473. The van der Waals surface area contributed by atoms with Crippen molar-refractivity contribution in [3.05, 3.63) is 34.4 Å². The number of halogens is 1. The lowest BCUT2D eigenvalue weighted by atomic mass is 10.1. The smallest absolute Gasteiger partial charge is 0.269 e. The molecule has 0 unspecified atom stereocenters. The minimum atomic E-state index is -0.702. The van der Waals surface area contributed by atoms with E-state index >= 15 is 0 Å². The van der Waals surface area contributed by atoms with Crippen LogP contribution in [0.1, 0.15) is 13.8 Å². The fourth-order valence-corrected chi connectivity index (χ4v) is 1.97. The Kier molecular flexibility index (Phi) is 4.19. The number of guanidine groups is 2. The Balaban J connectivity index is 0.00000200. The van der Waals surface area contributed by atoms with Gasteiger partial charge in [-0.1, -0.05) is 0 Å². The predicted molar refractivity (Wildman–Crippen MR) is 72.9 cm³/mol. The maximum absolute atomic E-state index is 10.6. The molecule has 1 aromatic carbocycles. The van der Waals surface area contributed by atoms with Crippen LogP contribution in [0.15, 0.2) is 34.3 Å². The highest BCUT2D eigenvalue weighted by atomic mass is 35.5. The number of anilines is 1. The first kappa shape index (κ1) is 15.7. The summed E-state index contributed by atoms with van der Waals surface area (Å²) in [6, 6.07) is 6.00. The summed E-state index contributed by atoms with van der Waals surface area (Å²) in [5.41, 5.74) is 11.4. The van der Waals surface area contributed by atoms with E-state index < -0.39 is 10.6 Å². The predicted octanol–water partition coefficient (Wildman–Crippen LogP) is -2.22. The number of non-ortho nitro benzene ring substituents is 1. The molecule has 0 aliphatic carbocycles. The lowest BCUT2D eigenvalue weighted by Gasteiger charge is -2.38. The number of aliphatic imine (C=N–C) groups is 2. The molecule has 2 rings (SSSR count). The first-order valence-corrected chi connectivity index (χ1v) is 5.55. The van der Waals surface area contributed by atoms with Gasteiger partial charge in [-0.25, -0.2) is 4.99 Å². The lowest BCUT2D eigenvalue weighted by molar-refractivity contribution is -0.384. The van der Waals surface area contributed by atoms with Gasteiger partial charge in [-0.05, 0) is 26.0 Å². The summed E-state index contributed by atoms with van der Waals surface area (Å²) in [6.07, 6.45) is 0. The number of hydrogen-bond acceptors (Lipinski definition) is 7. The second kappa shape index (κ2) is 5.33. The van der Waals surface area contributed by atoms with E-state index in [0.717, 1.165) is 0 Å². The standard InChI is InChI=1S/C11H14N6O2.ClH/c1-11(2)15-9(12)14-10(13)16(11)7-3-5-8(6-4-7)17(18)19;/h3-6H,1-2H3,(H4,12,13,14,15);1H/p-1. The average Bonchev–Trinajstić information content (AvgIpc) is 2.26. The molecule has 8 nitrogen and oxygen atoms in total. The van der Waals surface area contributed by atoms with E-state index in [1.165, 1.54) is 12.1 Å². The van der Waals surface area contributed by atoms with Gasteiger partial charge in [0.15, 0.2) is 0 Å². The summed E-state index contributed by atoms with van der Waals surface area (Å²) >= 11 is 0. The van der Waals surface area contributed by atoms with E-state index in [-0.39, 0.29) is 30.0 Å². The molecule has 0 bridgehead atoms. The molecule has 0 saturated heterocycles. The van der Waals surface area contributed by atoms with E-state index in [4.69, 9.17) is 11.5 Å². The van der Waals surface area contributed by atoms with Crippen molar-refractivity contribution >= 4 is 23.3 Å². The molecule has 0 saturated carbocycles. The zero-order chi connectivity index (χ0) is 14.2. The Hall–Kier alpha value is -2.35. The van der Waals surface area contributed by atoms with E-state index in [0.29, 0.717) is 5.69 Å². The van der Waals surface area contributed by atoms with Gasteiger partial charge in [-0.15, -0.1) is 0 Å². The number of hydrogen-bond donors (Lipinski definition) is 2. The number of rotatable bonds is 2. The molecule has 0 spiro atoms. The third-order valence-corrected chi connectivity index (χ3v) is 2.71. The van der Waals surface area contributed by atoms with Gasteiger partial charge >= 0.3 is 0 Å². The van der Waals surface area contributed by atoms with E-state index in [9.17, 15) is 10.1 Å². The topological polar surface area (TPSA) is 123 Å². The monoisotopic (exact) mass is 297 g/mol. The summed E-state index contributed by atoms with van der Waals surface area (Å²) in [7, 11) is 0. The Morgan fingerprint density at radius 3 is 2.25 bits per heavy atom. The van der Waals surface area contributed by atoms with Crippen LogP contribution in [0.25, 0.3) is 0 Å². The summed E-state index contributed by atoms with van der Waals surface area (Å²) in [5, 5.41) is 10.6. The summed E-state index contributed by atoms with van der Waals surface area (Å²) in [4.78, 5) is 19.9. The van der Waals surface area contributed by atoms with Crippen LogP contribution >= 0.6 is 0 Å². The van der Waals surface area contributed by atoms with E-state index in [1.54, 1.807) is 17.0 Å². The van der Waals surface area contributed by atoms with Crippen molar-refractivity contribution in [3.8, 4) is 0 Å². The third kappa shape index (κ3) is 2.80. The summed E-state index contributed by atoms with van der Waals surface area (Å²) in [5.74, 6) is 0.312. The summed E-state index contributed by atoms with van der Waals surface area (Å²) < 4.78 is 0. The maximum Gasteiger partial charge on any atom is 0.269 e. The fourth-order valence-electron chi connectivity index (χ4n) is 1.97. The SMILES string of the molecule is CC1(C)N=C(N)N=C(N)N1c1ccc([N+](=O)[O-])cc1.[Cl-]. The van der Waals surface area contributed by atoms with Crippen molar-refractivity contribution in [2.24, 2.45) is 21.5 Å². The van der Waals surface area contributed by atoms with Crippen molar-refractivity contribution in [2.75, 3.05) is 4.90 Å². The molecule has 1 aliphatic rings. The molecule has 9 heteroatoms. The molecular weight excluding hydrogens is 284 g/mol. The number of benzene rings is 1. The first-order valence-electron chi connectivity index (χ1n) is 5.55. The van der Waals surface area contributed by atoms with Crippen molar-refractivity contribution in [2.45, 2.75) is 19.5 Å². The number of nitro benzene ring substituents is 1. The van der Waals surface area contributed by atoms with Crippen LogP contribution in [0, 0.1) is 10.1 Å². The van der Waals surface area contributed by atoms with Crippen LogP contribution in [-0.4, -0.2) is 22.5 Å². The molecule has 0 atom stereocenters. The lowest BCUT2D eigenvalue weighted by Crippen LogP contribution is -3.00. The van der Waals surface area contributed by atoms with Gasteiger partial charge in [-0.3, -0.25) is 15.0 Å². The van der Waals surface area contributed by atoms with Crippen LogP contribution < -0.4 is 28.8 Å². The van der Waals surface area contributed by atoms with Crippen LogP contribution in [-0.2, 0) is 0 Å². The van der Waals surface area contributed by atoms with Crippen LogP contribution in [0.3, 0.4) is 0 Å². The van der Waals surface area contributed by atoms with E-state index in [2.05, 4.69) is 9.98 Å². The molecule has 1 aliphatic heterocycles. The highest BCUT2D eigenvalue weighted by Gasteiger charge is 2.33. The molecule has 0 radical (unpaired) electrons. The van der Waals surface area contributed by atoms with Crippen molar-refractivity contribution in [1.29, 1.82) is 0 Å². The minimum Gasteiger partial charge on any atom is -1.00 e. The van der Waals surface area contributed by atoms with E-state index in [1.807, 2.05) is 13.8 Å². The largest absolute Gasteiger partial charge is 1.00 e. The minimum absolute atomic E-state index is 0. The normalized spacial score (nSPS) is 16.8. The Labute approximate surface area is 121 Å². The molecule has 0 fully saturated rings. The zero-order valence-corrected chi connectivity index (χ0v) is 11.7. The van der Waals surface area contributed by atoms with Crippen molar-refractivity contribution in [3.63, 3.8) is 0 Å². The maximum atomic E-state index is 10.6. The molecule has 20 heavy (non-hydrogen) atoms. The Morgan fingerprint density at radius 1 is 1.25 bits per heavy atom. The number of nitrogens with zero attached hydrogens (tertiary/aromatic N) is 4. The van der Waals surface area contributed by atoms with Gasteiger partial charge in [0, 0.05) is 17.8 Å². The van der Waals surface area contributed by atoms with Gasteiger partial charge in [-0.2, -0.15) is 4.99 Å². The van der Waals surface area contributed by atoms with Crippen LogP contribution in [0.5, 0.6) is 0 Å². The number of nitro groups is 1. The molecule has 0 aromatic heterocycles. The second-order valence-corrected chi connectivity index (χ2v) is 4.54. The second-order valence-electron chi connectivity index (χ2n) is 4.54. The number of nitrogens with two attached hydrogens (primary N) is 2. The zero-order valence-electron chi connectivity index (χ0n) is 10.9. The molecule has 4 N–H and O–H groups in total. The molecule has 1 heterocycles.